The maximum Gasteiger partial charge on any atom is 0.243 e. The molecule has 2 aromatic carbocycles. The number of hydrogen-bond acceptors (Lipinski definition) is 3. The average molecular weight is 450 g/mol. The normalized spacial score (nSPS) is 11.6. The highest BCUT2D eigenvalue weighted by molar-refractivity contribution is 6.30. The van der Waals surface area contributed by atoms with Crippen LogP contribution >= 0.6 is 11.6 Å². The summed E-state index contributed by atoms with van der Waals surface area (Å²) in [7, 11) is 0. The smallest absolute Gasteiger partial charge is 0.243 e. The molecule has 1 aromatic heterocycles. The van der Waals surface area contributed by atoms with E-state index in [1.54, 1.807) is 29.4 Å². The number of carbonyl (C=O) groups is 2. The molecule has 2 amide bonds. The molecule has 166 valence electrons. The van der Waals surface area contributed by atoms with Crippen molar-refractivity contribution in [2.45, 2.75) is 45.3 Å². The first kappa shape index (κ1) is 23.5. The molecule has 0 unspecified atom stereocenters. The molecule has 1 N–H and O–H groups in total. The average Bonchev–Trinajstić information content (AvgIpc) is 2.82. The lowest BCUT2D eigenvalue weighted by Gasteiger charge is -2.31. The fraction of sp³-hybridized carbons (Fsp3) is 0.269. The van der Waals surface area contributed by atoms with Gasteiger partial charge in [-0.3, -0.25) is 14.6 Å². The van der Waals surface area contributed by atoms with Crippen LogP contribution < -0.4 is 5.32 Å². The maximum absolute atomic E-state index is 13.4. The second-order valence-electron chi connectivity index (χ2n) is 7.68. The van der Waals surface area contributed by atoms with Crippen LogP contribution in [0.2, 0.25) is 5.02 Å². The Kier molecular flexibility index (Phi) is 8.81. The lowest BCUT2D eigenvalue weighted by Crippen LogP contribution is -2.50. The van der Waals surface area contributed by atoms with Crippen molar-refractivity contribution in [2.24, 2.45) is 0 Å². The Labute approximate surface area is 194 Å². The van der Waals surface area contributed by atoms with Crippen LogP contribution in [0.5, 0.6) is 0 Å². The molecule has 0 aliphatic heterocycles. The Bertz CT molecular complexity index is 995. The van der Waals surface area contributed by atoms with Gasteiger partial charge in [0.15, 0.2) is 0 Å². The number of amides is 2. The predicted octanol–water partition coefficient (Wildman–Crippen LogP) is 4.79. The van der Waals surface area contributed by atoms with Crippen molar-refractivity contribution < 1.29 is 9.59 Å². The number of rotatable bonds is 10. The molecule has 0 fully saturated rings. The summed E-state index contributed by atoms with van der Waals surface area (Å²) in [6.45, 7) is 2.69. The van der Waals surface area contributed by atoms with Gasteiger partial charge in [0.1, 0.15) is 6.04 Å². The molecule has 6 heteroatoms. The third-order valence-electron chi connectivity index (χ3n) is 5.22. The monoisotopic (exact) mass is 449 g/mol. The van der Waals surface area contributed by atoms with E-state index >= 15 is 0 Å². The van der Waals surface area contributed by atoms with E-state index in [-0.39, 0.29) is 11.8 Å². The minimum atomic E-state index is -0.631. The van der Waals surface area contributed by atoms with E-state index in [1.165, 1.54) is 0 Å². The van der Waals surface area contributed by atoms with Crippen molar-refractivity contribution >= 4 is 23.4 Å². The highest BCUT2D eigenvalue weighted by Gasteiger charge is 2.29. The minimum absolute atomic E-state index is 0.0394. The Hall–Kier alpha value is -3.18. The van der Waals surface area contributed by atoms with Crippen LogP contribution in [0.15, 0.2) is 79.1 Å². The summed E-state index contributed by atoms with van der Waals surface area (Å²) in [5, 5.41) is 3.65. The zero-order valence-corrected chi connectivity index (χ0v) is 19.0. The lowest BCUT2D eigenvalue weighted by molar-refractivity contribution is -0.141. The maximum atomic E-state index is 13.4. The van der Waals surface area contributed by atoms with Gasteiger partial charge in [-0.05, 0) is 47.4 Å². The first-order valence-electron chi connectivity index (χ1n) is 10.8. The topological polar surface area (TPSA) is 62.3 Å². The molecule has 0 aliphatic rings. The number of halogens is 1. The fourth-order valence-electron chi connectivity index (χ4n) is 3.51. The number of hydrogen-bond donors (Lipinski definition) is 1. The Morgan fingerprint density at radius 2 is 1.62 bits per heavy atom. The van der Waals surface area contributed by atoms with E-state index in [0.29, 0.717) is 37.4 Å². The minimum Gasteiger partial charge on any atom is -0.350 e. The highest BCUT2D eigenvalue weighted by atomic mass is 35.5. The first-order valence-corrected chi connectivity index (χ1v) is 11.2. The number of nitrogens with zero attached hydrogens (tertiary/aromatic N) is 2. The second-order valence-corrected chi connectivity index (χ2v) is 8.11. The first-order chi connectivity index (χ1) is 15.6. The number of pyridine rings is 1. The van der Waals surface area contributed by atoms with E-state index in [1.807, 2.05) is 61.5 Å². The third kappa shape index (κ3) is 6.92. The zero-order chi connectivity index (χ0) is 22.8. The summed E-state index contributed by atoms with van der Waals surface area (Å²) in [6, 6.07) is 20.3. The second kappa shape index (κ2) is 12.0. The SMILES string of the molecule is CCCC(=O)N(Cc1ccc(Cl)cc1)[C@@H](Cc1ccccc1)C(=O)NCc1ccncc1. The molecule has 3 rings (SSSR count). The van der Waals surface area contributed by atoms with E-state index in [9.17, 15) is 9.59 Å². The van der Waals surface area contributed by atoms with Gasteiger partial charge in [0.2, 0.25) is 11.8 Å². The number of aromatic nitrogens is 1. The van der Waals surface area contributed by atoms with Crippen LogP contribution in [0.3, 0.4) is 0 Å². The van der Waals surface area contributed by atoms with Gasteiger partial charge in [-0.1, -0.05) is 61.0 Å². The Balaban J connectivity index is 1.87. The van der Waals surface area contributed by atoms with Crippen molar-refractivity contribution in [3.05, 3.63) is 101 Å². The molecule has 5 nitrogen and oxygen atoms in total. The van der Waals surface area contributed by atoms with Gasteiger partial charge in [-0.15, -0.1) is 0 Å². The fourth-order valence-corrected chi connectivity index (χ4v) is 3.63. The van der Waals surface area contributed by atoms with E-state index in [4.69, 9.17) is 11.6 Å². The molecule has 0 radical (unpaired) electrons. The predicted molar refractivity (Wildman–Crippen MR) is 127 cm³/mol. The highest BCUT2D eigenvalue weighted by Crippen LogP contribution is 2.18. The summed E-state index contributed by atoms with van der Waals surface area (Å²) < 4.78 is 0. The van der Waals surface area contributed by atoms with Gasteiger partial charge in [-0.25, -0.2) is 0 Å². The number of carbonyl (C=O) groups excluding carboxylic acids is 2. The molecule has 0 spiro atoms. The van der Waals surface area contributed by atoms with Crippen LogP contribution in [0.25, 0.3) is 0 Å². The standard InChI is InChI=1S/C26H28ClN3O2/c1-2-6-25(31)30(19-22-9-11-23(27)12-10-22)24(17-20-7-4-3-5-8-20)26(32)29-18-21-13-15-28-16-14-21/h3-5,7-16,24H,2,6,17-19H2,1H3,(H,29,32)/t24-/m0/s1. The summed E-state index contributed by atoms with van der Waals surface area (Å²) in [6.07, 6.45) is 4.93. The van der Waals surface area contributed by atoms with Gasteiger partial charge in [0.25, 0.3) is 0 Å². The van der Waals surface area contributed by atoms with E-state index in [0.717, 1.165) is 16.7 Å². The van der Waals surface area contributed by atoms with Crippen molar-refractivity contribution in [1.82, 2.24) is 15.2 Å². The van der Waals surface area contributed by atoms with Crippen LogP contribution in [-0.2, 0) is 29.1 Å². The van der Waals surface area contributed by atoms with E-state index < -0.39 is 6.04 Å². The molecule has 0 aliphatic carbocycles. The Morgan fingerprint density at radius 1 is 0.938 bits per heavy atom. The zero-order valence-electron chi connectivity index (χ0n) is 18.2. The van der Waals surface area contributed by atoms with Gasteiger partial charge in [-0.2, -0.15) is 0 Å². The van der Waals surface area contributed by atoms with E-state index in [2.05, 4.69) is 10.3 Å². The molecule has 1 atom stereocenters. The van der Waals surface area contributed by atoms with Crippen LogP contribution in [0, 0.1) is 0 Å². The molecule has 3 aromatic rings. The summed E-state index contributed by atoms with van der Waals surface area (Å²) in [5.74, 6) is -0.216. The van der Waals surface area contributed by atoms with Crippen molar-refractivity contribution in [3.63, 3.8) is 0 Å². The van der Waals surface area contributed by atoms with Gasteiger partial charge < -0.3 is 10.2 Å². The van der Waals surface area contributed by atoms with Crippen LogP contribution in [0.1, 0.15) is 36.5 Å². The lowest BCUT2D eigenvalue weighted by atomic mass is 10.0. The largest absolute Gasteiger partial charge is 0.350 e. The molecule has 1 heterocycles. The van der Waals surface area contributed by atoms with Gasteiger partial charge in [0, 0.05) is 43.3 Å². The van der Waals surface area contributed by atoms with Crippen molar-refractivity contribution in [3.8, 4) is 0 Å². The van der Waals surface area contributed by atoms with Gasteiger partial charge >= 0.3 is 0 Å². The molecule has 0 bridgehead atoms. The number of nitrogens with one attached hydrogen (secondary N) is 1. The summed E-state index contributed by atoms with van der Waals surface area (Å²) in [4.78, 5) is 32.2. The van der Waals surface area contributed by atoms with Crippen LogP contribution in [-0.4, -0.2) is 27.7 Å². The summed E-state index contributed by atoms with van der Waals surface area (Å²) >= 11 is 6.03. The van der Waals surface area contributed by atoms with Crippen LogP contribution in [0.4, 0.5) is 0 Å². The molecule has 0 saturated heterocycles. The summed E-state index contributed by atoms with van der Waals surface area (Å²) in [5.41, 5.74) is 2.89. The Morgan fingerprint density at radius 3 is 2.28 bits per heavy atom. The van der Waals surface area contributed by atoms with Gasteiger partial charge in [0.05, 0.1) is 0 Å². The molecule has 0 saturated carbocycles. The molecule has 32 heavy (non-hydrogen) atoms. The molecular formula is C26H28ClN3O2. The molecular weight excluding hydrogens is 422 g/mol. The number of benzene rings is 2. The van der Waals surface area contributed by atoms with Crippen molar-refractivity contribution in [1.29, 1.82) is 0 Å². The quantitative estimate of drug-likeness (QED) is 0.484. The van der Waals surface area contributed by atoms with Crippen molar-refractivity contribution in [2.75, 3.05) is 0 Å². The third-order valence-corrected chi connectivity index (χ3v) is 5.47.